The van der Waals surface area contributed by atoms with Crippen LogP contribution in [0.4, 0.5) is 5.69 Å². The molecule has 3 aromatic carbocycles. The Hall–Kier alpha value is -4.37. The third-order valence-electron chi connectivity index (χ3n) is 6.17. The van der Waals surface area contributed by atoms with E-state index >= 15 is 0 Å². The van der Waals surface area contributed by atoms with Crippen LogP contribution in [-0.4, -0.2) is 25.5 Å². The molecule has 4 rings (SSSR count). The van der Waals surface area contributed by atoms with E-state index in [1.54, 1.807) is 35.2 Å². The smallest absolute Gasteiger partial charge is 0.343 e. The second-order valence-corrected chi connectivity index (χ2v) is 9.63. The maximum Gasteiger partial charge on any atom is 0.343 e. The highest BCUT2D eigenvalue weighted by atomic mass is 16.6. The van der Waals surface area contributed by atoms with E-state index in [2.05, 4.69) is 20.8 Å². The van der Waals surface area contributed by atoms with Crippen LogP contribution in [0.25, 0.3) is 6.08 Å². The van der Waals surface area contributed by atoms with Crippen molar-refractivity contribution >= 4 is 23.6 Å². The van der Waals surface area contributed by atoms with E-state index < -0.39 is 5.97 Å². The molecule has 1 heterocycles. The van der Waals surface area contributed by atoms with Gasteiger partial charge in [0, 0.05) is 12.2 Å². The summed E-state index contributed by atoms with van der Waals surface area (Å²) in [6.45, 7) is 6.86. The molecular weight excluding hydrogens is 452 g/mol. The second-order valence-electron chi connectivity index (χ2n) is 9.63. The van der Waals surface area contributed by atoms with E-state index in [0.29, 0.717) is 23.4 Å². The molecule has 0 aromatic heterocycles. The fourth-order valence-electron chi connectivity index (χ4n) is 4.13. The summed E-state index contributed by atoms with van der Waals surface area (Å²) in [5.74, 6) is -0.286. The predicted octanol–water partition coefficient (Wildman–Crippen LogP) is 5.71. The van der Waals surface area contributed by atoms with Gasteiger partial charge in [0.25, 0.3) is 5.91 Å². The van der Waals surface area contributed by atoms with Crippen LogP contribution in [0.2, 0.25) is 0 Å². The number of hydrogen-bond acceptors (Lipinski definition) is 5. The standard InChI is InChI=1S/C30H28N2O4/c1-30(2,3)24-12-10-22(11-13-24)29(34)36-26-14-9-20(18-27(26)35-4)17-23(19-31)28(33)32-16-15-21-7-5-6-8-25(21)32/h5-14,17-18H,15-16H2,1-4H3. The highest BCUT2D eigenvalue weighted by molar-refractivity contribution is 6.12. The normalized spacial score (nSPS) is 13.1. The van der Waals surface area contributed by atoms with Gasteiger partial charge in [-0.3, -0.25) is 4.79 Å². The number of esters is 1. The van der Waals surface area contributed by atoms with E-state index in [-0.39, 0.29) is 22.6 Å². The number of hydrogen-bond donors (Lipinski definition) is 0. The van der Waals surface area contributed by atoms with E-state index in [0.717, 1.165) is 23.2 Å². The van der Waals surface area contributed by atoms with Crippen LogP contribution < -0.4 is 14.4 Å². The molecular formula is C30H28N2O4. The van der Waals surface area contributed by atoms with Gasteiger partial charge in [-0.1, -0.05) is 57.2 Å². The number of anilines is 1. The topological polar surface area (TPSA) is 79.6 Å². The minimum absolute atomic E-state index is 0.0115. The molecule has 0 aliphatic carbocycles. The van der Waals surface area contributed by atoms with Gasteiger partial charge in [0.05, 0.1) is 12.7 Å². The van der Waals surface area contributed by atoms with Crippen molar-refractivity contribution in [2.24, 2.45) is 0 Å². The van der Waals surface area contributed by atoms with Crippen LogP contribution in [-0.2, 0) is 16.6 Å². The van der Waals surface area contributed by atoms with Crippen molar-refractivity contribution in [1.29, 1.82) is 5.26 Å². The summed E-state index contributed by atoms with van der Waals surface area (Å²) in [5, 5.41) is 9.70. The largest absolute Gasteiger partial charge is 0.493 e. The van der Waals surface area contributed by atoms with Gasteiger partial charge in [-0.25, -0.2) is 4.79 Å². The van der Waals surface area contributed by atoms with Crippen molar-refractivity contribution in [3.63, 3.8) is 0 Å². The number of nitrogens with zero attached hydrogens (tertiary/aromatic N) is 2. The van der Waals surface area contributed by atoms with Gasteiger partial charge in [-0.15, -0.1) is 0 Å². The fourth-order valence-corrected chi connectivity index (χ4v) is 4.13. The zero-order chi connectivity index (χ0) is 25.9. The first-order chi connectivity index (χ1) is 17.2. The number of nitriles is 1. The molecule has 0 saturated carbocycles. The third-order valence-corrected chi connectivity index (χ3v) is 6.17. The minimum Gasteiger partial charge on any atom is -0.493 e. The van der Waals surface area contributed by atoms with E-state index in [1.165, 1.54) is 13.2 Å². The van der Waals surface area contributed by atoms with E-state index in [1.807, 2.05) is 42.5 Å². The molecule has 0 unspecified atom stereocenters. The number of ether oxygens (including phenoxy) is 2. The van der Waals surface area contributed by atoms with Crippen LogP contribution in [0, 0.1) is 11.3 Å². The number of carbonyl (C=O) groups excluding carboxylic acids is 2. The Morgan fingerprint density at radius 3 is 2.39 bits per heavy atom. The van der Waals surface area contributed by atoms with Crippen LogP contribution in [0.3, 0.4) is 0 Å². The molecule has 0 fully saturated rings. The molecule has 3 aromatic rings. The molecule has 0 N–H and O–H groups in total. The van der Waals surface area contributed by atoms with Gasteiger partial charge in [0.15, 0.2) is 11.5 Å². The van der Waals surface area contributed by atoms with Crippen molar-refractivity contribution in [2.45, 2.75) is 32.6 Å². The fraction of sp³-hybridized carbons (Fsp3) is 0.233. The Kier molecular flexibility index (Phi) is 6.93. The van der Waals surface area contributed by atoms with Crippen molar-refractivity contribution in [2.75, 3.05) is 18.6 Å². The molecule has 0 radical (unpaired) electrons. The quantitative estimate of drug-likeness (QED) is 0.202. The number of fused-ring (bicyclic) bond motifs is 1. The van der Waals surface area contributed by atoms with Crippen LogP contribution in [0.1, 0.15) is 47.8 Å². The zero-order valence-electron chi connectivity index (χ0n) is 20.9. The first-order valence-corrected chi connectivity index (χ1v) is 11.7. The summed E-state index contributed by atoms with van der Waals surface area (Å²) in [6.07, 6.45) is 2.27. The van der Waals surface area contributed by atoms with Gasteiger partial charge in [0.2, 0.25) is 0 Å². The van der Waals surface area contributed by atoms with Crippen molar-refractivity contribution < 1.29 is 19.1 Å². The molecule has 1 aliphatic heterocycles. The number of rotatable bonds is 5. The number of methoxy groups -OCH3 is 1. The second kappa shape index (κ2) is 10.1. The monoisotopic (exact) mass is 480 g/mol. The van der Waals surface area contributed by atoms with Gasteiger partial charge in [-0.2, -0.15) is 5.26 Å². The Morgan fingerprint density at radius 1 is 1.00 bits per heavy atom. The Labute approximate surface area is 211 Å². The van der Waals surface area contributed by atoms with Crippen molar-refractivity contribution in [1.82, 2.24) is 0 Å². The zero-order valence-corrected chi connectivity index (χ0v) is 20.9. The lowest BCUT2D eigenvalue weighted by molar-refractivity contribution is -0.114. The molecule has 0 spiro atoms. The summed E-state index contributed by atoms with van der Waals surface area (Å²) in [4.78, 5) is 27.4. The number of carbonyl (C=O) groups is 2. The average Bonchev–Trinajstić information content (AvgIpc) is 3.31. The highest BCUT2D eigenvalue weighted by Crippen LogP contribution is 2.32. The lowest BCUT2D eigenvalue weighted by Crippen LogP contribution is -2.29. The summed E-state index contributed by atoms with van der Waals surface area (Å²) >= 11 is 0. The lowest BCUT2D eigenvalue weighted by atomic mass is 9.87. The maximum atomic E-state index is 13.1. The van der Waals surface area contributed by atoms with E-state index in [4.69, 9.17) is 9.47 Å². The molecule has 182 valence electrons. The van der Waals surface area contributed by atoms with E-state index in [9.17, 15) is 14.9 Å². The summed E-state index contributed by atoms with van der Waals surface area (Å²) < 4.78 is 11.0. The number of benzene rings is 3. The third kappa shape index (κ3) is 5.16. The Balaban J connectivity index is 1.53. The molecule has 1 aliphatic rings. The molecule has 6 heteroatoms. The van der Waals surface area contributed by atoms with Crippen molar-refractivity contribution in [3.8, 4) is 17.6 Å². The van der Waals surface area contributed by atoms with Gasteiger partial charge in [0.1, 0.15) is 11.6 Å². The lowest BCUT2D eigenvalue weighted by Gasteiger charge is -2.19. The van der Waals surface area contributed by atoms with Gasteiger partial charge < -0.3 is 14.4 Å². The molecule has 1 amide bonds. The average molecular weight is 481 g/mol. The summed E-state index contributed by atoms with van der Waals surface area (Å²) in [7, 11) is 1.47. The molecule has 36 heavy (non-hydrogen) atoms. The number of amides is 1. The van der Waals surface area contributed by atoms with Crippen LogP contribution >= 0.6 is 0 Å². The Morgan fingerprint density at radius 2 is 1.72 bits per heavy atom. The number of para-hydroxylation sites is 1. The summed E-state index contributed by atoms with van der Waals surface area (Å²) in [5.41, 5.74) is 4.04. The highest BCUT2D eigenvalue weighted by Gasteiger charge is 2.26. The molecule has 0 atom stereocenters. The van der Waals surface area contributed by atoms with Gasteiger partial charge >= 0.3 is 5.97 Å². The molecule has 6 nitrogen and oxygen atoms in total. The first-order valence-electron chi connectivity index (χ1n) is 11.7. The van der Waals surface area contributed by atoms with Gasteiger partial charge in [-0.05, 0) is 64.9 Å². The molecule has 0 saturated heterocycles. The molecule has 0 bridgehead atoms. The predicted molar refractivity (Wildman–Crippen MR) is 139 cm³/mol. The minimum atomic E-state index is -0.502. The summed E-state index contributed by atoms with van der Waals surface area (Å²) in [6, 6.07) is 21.9. The Bertz CT molecular complexity index is 1380. The SMILES string of the molecule is COc1cc(C=C(C#N)C(=O)N2CCc3ccccc32)ccc1OC(=O)c1ccc(C(C)(C)C)cc1. The van der Waals surface area contributed by atoms with Crippen molar-refractivity contribution in [3.05, 3.63) is 94.6 Å². The van der Waals surface area contributed by atoms with Crippen LogP contribution in [0.5, 0.6) is 11.5 Å². The van der Waals surface area contributed by atoms with Crippen LogP contribution in [0.15, 0.2) is 72.3 Å². The first kappa shape index (κ1) is 24.7. The maximum absolute atomic E-state index is 13.1.